The first-order chi connectivity index (χ1) is 14.0. The van der Waals surface area contributed by atoms with Gasteiger partial charge >= 0.3 is 11.9 Å². The van der Waals surface area contributed by atoms with Crippen LogP contribution in [0.4, 0.5) is 0 Å². The molecule has 1 aliphatic heterocycles. The van der Waals surface area contributed by atoms with Crippen LogP contribution in [0.3, 0.4) is 0 Å². The van der Waals surface area contributed by atoms with E-state index in [9.17, 15) is 14.7 Å². The maximum Gasteiger partial charge on any atom is 0.320 e. The van der Waals surface area contributed by atoms with Crippen molar-refractivity contribution in [3.63, 3.8) is 0 Å². The van der Waals surface area contributed by atoms with Gasteiger partial charge in [-0.25, -0.2) is 0 Å². The molecule has 0 aliphatic carbocycles. The van der Waals surface area contributed by atoms with E-state index in [0.717, 1.165) is 25.7 Å². The second-order valence-corrected chi connectivity index (χ2v) is 7.33. The molecule has 1 N–H and O–H groups in total. The van der Waals surface area contributed by atoms with Gasteiger partial charge in [-0.2, -0.15) is 0 Å². The van der Waals surface area contributed by atoms with Crippen molar-refractivity contribution < 1.29 is 33.6 Å². The molecular weight excluding hydrogens is 376 g/mol. The Morgan fingerprint density at radius 1 is 0.897 bits per heavy atom. The molecule has 1 aromatic carbocycles. The Kier molecular flexibility index (Phi) is 8.61. The van der Waals surface area contributed by atoms with E-state index in [1.807, 2.05) is 0 Å². The summed E-state index contributed by atoms with van der Waals surface area (Å²) >= 11 is 0. The number of hydrogen-bond acceptors (Lipinski definition) is 7. The summed E-state index contributed by atoms with van der Waals surface area (Å²) in [7, 11) is 2.81. The number of carbonyl (C=O) groups excluding carboxylic acids is 2. The van der Waals surface area contributed by atoms with Crippen molar-refractivity contribution in [2.45, 2.75) is 76.9 Å². The minimum Gasteiger partial charge on any atom is -0.502 e. The third kappa shape index (κ3) is 6.02. The number of benzene rings is 1. The molecule has 1 saturated heterocycles. The summed E-state index contributed by atoms with van der Waals surface area (Å²) in [6.45, 7) is 2.19. The zero-order chi connectivity index (χ0) is 21.3. The molecule has 7 heteroatoms. The first kappa shape index (κ1) is 22.8. The predicted octanol–water partition coefficient (Wildman–Crippen LogP) is 4.58. The van der Waals surface area contributed by atoms with Crippen LogP contribution in [-0.2, 0) is 24.8 Å². The van der Waals surface area contributed by atoms with Gasteiger partial charge in [0.15, 0.2) is 11.5 Å². The minimum atomic E-state index is -1.54. The maximum absolute atomic E-state index is 12.0. The number of esters is 2. The van der Waals surface area contributed by atoms with Crippen LogP contribution in [-0.4, -0.2) is 31.3 Å². The topological polar surface area (TPSA) is 91.3 Å². The summed E-state index contributed by atoms with van der Waals surface area (Å²) < 4.78 is 21.5. The standard InChI is InChI=1S/C22H32O7/c1-4-5-6-7-8-9-10-11-12-22(28-19(23)15-20(24)29-22)16-13-17(26-2)21(25)18(14-16)27-3/h13-14,25H,4-12,15H2,1-3H3. The molecule has 1 aliphatic rings. The highest BCUT2D eigenvalue weighted by Gasteiger charge is 2.45. The summed E-state index contributed by atoms with van der Waals surface area (Å²) in [6.07, 6.45) is 8.77. The van der Waals surface area contributed by atoms with Crippen molar-refractivity contribution in [3.05, 3.63) is 17.7 Å². The van der Waals surface area contributed by atoms with Gasteiger partial charge in [0, 0.05) is 12.0 Å². The number of unbranched alkanes of at least 4 members (excludes halogenated alkanes) is 7. The molecule has 0 bridgehead atoms. The lowest BCUT2D eigenvalue weighted by Crippen LogP contribution is -2.43. The molecule has 0 spiro atoms. The Hall–Kier alpha value is -2.44. The summed E-state index contributed by atoms with van der Waals surface area (Å²) in [6, 6.07) is 3.02. The van der Waals surface area contributed by atoms with E-state index in [0.29, 0.717) is 12.0 Å². The molecule has 0 aromatic heterocycles. The largest absolute Gasteiger partial charge is 0.502 e. The van der Waals surface area contributed by atoms with Crippen LogP contribution in [0.5, 0.6) is 17.2 Å². The van der Waals surface area contributed by atoms with Gasteiger partial charge < -0.3 is 24.1 Å². The summed E-state index contributed by atoms with van der Waals surface area (Å²) in [5.41, 5.74) is 0.397. The molecule has 2 rings (SSSR count). The molecule has 0 amide bonds. The molecule has 1 aromatic rings. The number of carbonyl (C=O) groups is 2. The summed E-state index contributed by atoms with van der Waals surface area (Å²) in [5, 5.41) is 10.2. The fourth-order valence-corrected chi connectivity index (χ4v) is 3.55. The van der Waals surface area contributed by atoms with E-state index >= 15 is 0 Å². The third-order valence-electron chi connectivity index (χ3n) is 5.13. The smallest absolute Gasteiger partial charge is 0.320 e. The summed E-state index contributed by atoms with van der Waals surface area (Å²) in [5.74, 6) is -2.68. The Bertz CT molecular complexity index is 657. The number of aromatic hydroxyl groups is 1. The van der Waals surface area contributed by atoms with Crippen molar-refractivity contribution >= 4 is 11.9 Å². The number of ether oxygens (including phenoxy) is 4. The van der Waals surface area contributed by atoms with Crippen molar-refractivity contribution in [2.75, 3.05) is 14.2 Å². The van der Waals surface area contributed by atoms with E-state index in [4.69, 9.17) is 18.9 Å². The van der Waals surface area contributed by atoms with Gasteiger partial charge in [0.2, 0.25) is 5.75 Å². The van der Waals surface area contributed by atoms with Crippen LogP contribution in [0, 0.1) is 0 Å². The van der Waals surface area contributed by atoms with Crippen LogP contribution >= 0.6 is 0 Å². The molecule has 0 saturated carbocycles. The number of phenolic OH excluding ortho intramolecular Hbond substituents is 1. The molecule has 1 heterocycles. The third-order valence-corrected chi connectivity index (χ3v) is 5.13. The van der Waals surface area contributed by atoms with Crippen LogP contribution in [0.1, 0.15) is 76.7 Å². The Morgan fingerprint density at radius 3 is 1.86 bits per heavy atom. The van der Waals surface area contributed by atoms with E-state index in [1.165, 1.54) is 52.0 Å². The average molecular weight is 408 g/mol. The molecule has 162 valence electrons. The highest BCUT2D eigenvalue weighted by atomic mass is 16.7. The monoisotopic (exact) mass is 408 g/mol. The van der Waals surface area contributed by atoms with Crippen molar-refractivity contribution in [3.8, 4) is 17.2 Å². The maximum atomic E-state index is 12.0. The van der Waals surface area contributed by atoms with Gasteiger partial charge in [-0.05, 0) is 18.6 Å². The Labute approximate surface area is 172 Å². The van der Waals surface area contributed by atoms with Crippen LogP contribution in [0.2, 0.25) is 0 Å². The Balaban J connectivity index is 2.15. The molecule has 1 fully saturated rings. The number of hydrogen-bond donors (Lipinski definition) is 1. The fraction of sp³-hybridized carbons (Fsp3) is 0.636. The predicted molar refractivity (Wildman–Crippen MR) is 107 cm³/mol. The molecule has 0 unspecified atom stereocenters. The highest BCUT2D eigenvalue weighted by Crippen LogP contribution is 2.44. The highest BCUT2D eigenvalue weighted by molar-refractivity contribution is 5.93. The molecule has 29 heavy (non-hydrogen) atoms. The average Bonchev–Trinajstić information content (AvgIpc) is 2.69. The van der Waals surface area contributed by atoms with Crippen LogP contribution < -0.4 is 9.47 Å². The SMILES string of the molecule is CCCCCCCCCCC1(c2cc(OC)c(O)c(OC)c2)OC(=O)CC(=O)O1. The van der Waals surface area contributed by atoms with Gasteiger partial charge in [0.25, 0.3) is 5.79 Å². The number of rotatable bonds is 12. The van der Waals surface area contributed by atoms with Gasteiger partial charge in [-0.15, -0.1) is 0 Å². The number of phenols is 1. The normalized spacial score (nSPS) is 15.6. The van der Waals surface area contributed by atoms with Crippen LogP contribution in [0.15, 0.2) is 12.1 Å². The lowest BCUT2D eigenvalue weighted by Gasteiger charge is -2.36. The zero-order valence-electron chi connectivity index (χ0n) is 17.6. The van der Waals surface area contributed by atoms with E-state index in [2.05, 4.69) is 6.92 Å². The molecule has 0 atom stereocenters. The fourth-order valence-electron chi connectivity index (χ4n) is 3.55. The van der Waals surface area contributed by atoms with Gasteiger partial charge in [0.1, 0.15) is 6.42 Å². The molecule has 7 nitrogen and oxygen atoms in total. The van der Waals surface area contributed by atoms with Gasteiger partial charge in [0.05, 0.1) is 14.2 Å². The molecular formula is C22H32O7. The first-order valence-corrected chi connectivity index (χ1v) is 10.3. The van der Waals surface area contributed by atoms with Gasteiger partial charge in [-0.1, -0.05) is 51.9 Å². The number of methoxy groups -OCH3 is 2. The van der Waals surface area contributed by atoms with Gasteiger partial charge in [-0.3, -0.25) is 9.59 Å². The van der Waals surface area contributed by atoms with Crippen LogP contribution in [0.25, 0.3) is 0 Å². The van der Waals surface area contributed by atoms with Crippen molar-refractivity contribution in [1.82, 2.24) is 0 Å². The quantitative estimate of drug-likeness (QED) is 0.307. The molecule has 0 radical (unpaired) electrons. The van der Waals surface area contributed by atoms with Crippen molar-refractivity contribution in [2.24, 2.45) is 0 Å². The number of cyclic esters (lactones) is 2. The first-order valence-electron chi connectivity index (χ1n) is 10.3. The Morgan fingerprint density at radius 2 is 1.38 bits per heavy atom. The zero-order valence-corrected chi connectivity index (χ0v) is 17.6. The van der Waals surface area contributed by atoms with E-state index < -0.39 is 24.1 Å². The van der Waals surface area contributed by atoms with E-state index in [1.54, 1.807) is 0 Å². The van der Waals surface area contributed by atoms with Crippen molar-refractivity contribution in [1.29, 1.82) is 0 Å². The lowest BCUT2D eigenvalue weighted by atomic mass is 9.96. The second kappa shape index (κ2) is 10.9. The summed E-state index contributed by atoms with van der Waals surface area (Å²) in [4.78, 5) is 24.1. The minimum absolute atomic E-state index is 0.146. The lowest BCUT2D eigenvalue weighted by molar-refractivity contribution is -0.252. The second-order valence-electron chi connectivity index (χ2n) is 7.33. The van der Waals surface area contributed by atoms with E-state index in [-0.39, 0.29) is 17.2 Å².